The lowest BCUT2D eigenvalue weighted by Gasteiger charge is -2.29. The van der Waals surface area contributed by atoms with Crippen molar-refractivity contribution < 1.29 is 8.85 Å². The molecule has 0 aliphatic carbocycles. The van der Waals surface area contributed by atoms with E-state index in [-0.39, 0.29) is 0 Å². The summed E-state index contributed by atoms with van der Waals surface area (Å²) in [4.78, 5) is 4.61. The third-order valence-electron chi connectivity index (χ3n) is 7.73. The molecule has 5 rings (SSSR count). The zero-order valence-electron chi connectivity index (χ0n) is 26.2. The minimum absolute atomic E-state index is 0.633. The molecule has 0 amide bonds. The van der Waals surface area contributed by atoms with Gasteiger partial charge in [-0.3, -0.25) is 0 Å². The molecule has 5 heteroatoms. The van der Waals surface area contributed by atoms with Crippen LogP contribution in [0, 0.1) is 20.8 Å². The molecule has 0 radical (unpaired) electrons. The SMILES string of the molecule is CCO[Si](C)(OCC)c1ccc(N(c2ccc(C)cc2)c2ccc(N(c3ccc(C)cc3)c3ccc(C)cc3)cc2)cc1. The summed E-state index contributed by atoms with van der Waals surface area (Å²) in [6.07, 6.45) is 0. The summed E-state index contributed by atoms with van der Waals surface area (Å²) in [6.45, 7) is 13.8. The van der Waals surface area contributed by atoms with Gasteiger partial charge in [0.15, 0.2) is 0 Å². The van der Waals surface area contributed by atoms with Gasteiger partial charge < -0.3 is 18.7 Å². The third-order valence-corrected chi connectivity index (χ3v) is 10.8. The van der Waals surface area contributed by atoms with Crippen molar-refractivity contribution in [2.24, 2.45) is 0 Å². The second-order valence-corrected chi connectivity index (χ2v) is 14.1. The molecule has 0 aromatic heterocycles. The summed E-state index contributed by atoms with van der Waals surface area (Å²) in [5, 5.41) is 1.13. The van der Waals surface area contributed by atoms with Crippen LogP contribution in [0.4, 0.5) is 34.1 Å². The highest BCUT2D eigenvalue weighted by molar-refractivity contribution is 6.80. The molecular formula is C38H42N2O2Si. The quantitative estimate of drug-likeness (QED) is 0.144. The molecule has 0 N–H and O–H groups in total. The van der Waals surface area contributed by atoms with Gasteiger partial charge in [-0.15, -0.1) is 0 Å². The smallest absolute Gasteiger partial charge is 0.369 e. The minimum atomic E-state index is -2.47. The molecule has 0 atom stereocenters. The fourth-order valence-corrected chi connectivity index (χ4v) is 7.69. The van der Waals surface area contributed by atoms with Gasteiger partial charge in [-0.1, -0.05) is 65.2 Å². The van der Waals surface area contributed by atoms with E-state index in [1.807, 2.05) is 13.8 Å². The van der Waals surface area contributed by atoms with E-state index in [0.29, 0.717) is 13.2 Å². The lowest BCUT2D eigenvalue weighted by atomic mass is 10.1. The van der Waals surface area contributed by atoms with Crippen LogP contribution in [0.5, 0.6) is 0 Å². The molecule has 0 unspecified atom stereocenters. The lowest BCUT2D eigenvalue weighted by molar-refractivity contribution is 0.202. The highest BCUT2D eigenvalue weighted by atomic mass is 28.4. The van der Waals surface area contributed by atoms with Crippen LogP contribution in [0.15, 0.2) is 121 Å². The molecule has 0 saturated carbocycles. The maximum absolute atomic E-state index is 6.16. The molecule has 5 aromatic carbocycles. The number of benzene rings is 5. The molecule has 0 saturated heterocycles. The van der Waals surface area contributed by atoms with Gasteiger partial charge in [0.05, 0.1) is 0 Å². The minimum Gasteiger partial charge on any atom is -0.391 e. The highest BCUT2D eigenvalue weighted by Gasteiger charge is 2.33. The van der Waals surface area contributed by atoms with E-state index >= 15 is 0 Å². The molecular weight excluding hydrogens is 545 g/mol. The van der Waals surface area contributed by atoms with Crippen LogP contribution in [0.1, 0.15) is 30.5 Å². The Bertz CT molecular complexity index is 1550. The Labute approximate surface area is 258 Å². The van der Waals surface area contributed by atoms with Crippen molar-refractivity contribution in [1.82, 2.24) is 0 Å². The van der Waals surface area contributed by atoms with Crippen LogP contribution in [0.2, 0.25) is 6.55 Å². The average Bonchev–Trinajstić information content (AvgIpc) is 3.01. The van der Waals surface area contributed by atoms with Gasteiger partial charge in [-0.2, -0.15) is 0 Å². The Hall–Kier alpha value is -4.16. The Morgan fingerprint density at radius 2 is 0.651 bits per heavy atom. The first-order valence-electron chi connectivity index (χ1n) is 15.1. The van der Waals surface area contributed by atoms with Gasteiger partial charge in [0.2, 0.25) is 0 Å². The van der Waals surface area contributed by atoms with Crippen LogP contribution in [0.3, 0.4) is 0 Å². The van der Waals surface area contributed by atoms with Gasteiger partial charge in [0.25, 0.3) is 0 Å². The first kappa shape index (κ1) is 30.3. The highest BCUT2D eigenvalue weighted by Crippen LogP contribution is 2.39. The molecule has 5 aromatic rings. The second kappa shape index (κ2) is 13.4. The Kier molecular flexibility index (Phi) is 9.46. The van der Waals surface area contributed by atoms with E-state index < -0.39 is 8.56 Å². The fourth-order valence-electron chi connectivity index (χ4n) is 5.40. The van der Waals surface area contributed by atoms with Crippen LogP contribution < -0.4 is 15.0 Å². The van der Waals surface area contributed by atoms with Crippen molar-refractivity contribution in [1.29, 1.82) is 0 Å². The monoisotopic (exact) mass is 586 g/mol. The van der Waals surface area contributed by atoms with E-state index in [1.54, 1.807) is 0 Å². The molecule has 0 bridgehead atoms. The summed E-state index contributed by atoms with van der Waals surface area (Å²) >= 11 is 0. The number of nitrogens with zero attached hydrogens (tertiary/aromatic N) is 2. The molecule has 0 fully saturated rings. The predicted molar refractivity (Wildman–Crippen MR) is 185 cm³/mol. The van der Waals surface area contributed by atoms with Crippen LogP contribution >= 0.6 is 0 Å². The van der Waals surface area contributed by atoms with Gasteiger partial charge in [0.1, 0.15) is 0 Å². The number of hydrogen-bond donors (Lipinski definition) is 0. The molecule has 0 aliphatic rings. The Morgan fingerprint density at radius 3 is 0.907 bits per heavy atom. The largest absolute Gasteiger partial charge is 0.391 e. The van der Waals surface area contributed by atoms with Crippen LogP contribution in [-0.2, 0) is 8.85 Å². The maximum Gasteiger partial charge on any atom is 0.369 e. The Morgan fingerprint density at radius 1 is 0.419 bits per heavy atom. The van der Waals surface area contributed by atoms with Crippen LogP contribution in [0.25, 0.3) is 0 Å². The summed E-state index contributed by atoms with van der Waals surface area (Å²) in [5.74, 6) is 0. The van der Waals surface area contributed by atoms with E-state index in [1.165, 1.54) is 16.7 Å². The summed E-state index contributed by atoms with van der Waals surface area (Å²) in [6, 6.07) is 43.6. The number of hydrogen-bond acceptors (Lipinski definition) is 4. The number of anilines is 6. The summed E-state index contributed by atoms with van der Waals surface area (Å²) < 4.78 is 12.3. The molecule has 0 heterocycles. The summed E-state index contributed by atoms with van der Waals surface area (Å²) in [5.41, 5.74) is 10.4. The maximum atomic E-state index is 6.16. The van der Waals surface area contributed by atoms with E-state index in [4.69, 9.17) is 8.85 Å². The van der Waals surface area contributed by atoms with Gasteiger partial charge in [-0.05, 0) is 119 Å². The topological polar surface area (TPSA) is 24.9 Å². The lowest BCUT2D eigenvalue weighted by Crippen LogP contribution is -2.51. The second-order valence-electron chi connectivity index (χ2n) is 11.1. The van der Waals surface area contributed by atoms with Crippen molar-refractivity contribution >= 4 is 47.9 Å². The average molecular weight is 587 g/mol. The van der Waals surface area contributed by atoms with Crippen molar-refractivity contribution in [3.05, 3.63) is 138 Å². The normalized spacial score (nSPS) is 11.4. The predicted octanol–water partition coefficient (Wildman–Crippen LogP) is 9.90. The van der Waals surface area contributed by atoms with Crippen molar-refractivity contribution in [3.63, 3.8) is 0 Å². The van der Waals surface area contributed by atoms with Crippen molar-refractivity contribution in [2.75, 3.05) is 23.0 Å². The first-order valence-corrected chi connectivity index (χ1v) is 17.4. The fraction of sp³-hybridized carbons (Fsp3) is 0.211. The van der Waals surface area contributed by atoms with Crippen molar-refractivity contribution in [2.45, 2.75) is 41.2 Å². The van der Waals surface area contributed by atoms with Gasteiger partial charge in [-0.25, -0.2) is 0 Å². The first-order chi connectivity index (χ1) is 20.8. The van der Waals surface area contributed by atoms with Gasteiger partial charge >= 0.3 is 8.56 Å². The van der Waals surface area contributed by atoms with E-state index in [9.17, 15) is 0 Å². The third kappa shape index (κ3) is 6.91. The van der Waals surface area contributed by atoms with Gasteiger partial charge in [0, 0.05) is 47.3 Å². The molecule has 4 nitrogen and oxygen atoms in total. The zero-order chi connectivity index (χ0) is 30.4. The van der Waals surface area contributed by atoms with Crippen molar-refractivity contribution in [3.8, 4) is 0 Å². The van der Waals surface area contributed by atoms with Crippen LogP contribution in [-0.4, -0.2) is 21.8 Å². The van der Waals surface area contributed by atoms with E-state index in [2.05, 4.69) is 158 Å². The standard InChI is InChI=1S/C38H42N2O2Si/c1-7-41-43(6,42-8-2)38-27-25-37(26-28-38)40(34-19-13-31(5)14-20-34)36-23-21-35(22-24-36)39(32-15-9-29(3)10-16-32)33-17-11-30(4)12-18-33/h9-28H,7-8H2,1-6H3. The Balaban J connectivity index is 1.55. The molecule has 220 valence electrons. The molecule has 0 aliphatic heterocycles. The molecule has 43 heavy (non-hydrogen) atoms. The number of rotatable bonds is 11. The summed E-state index contributed by atoms with van der Waals surface area (Å²) in [7, 11) is -2.47. The van der Waals surface area contributed by atoms with E-state index in [0.717, 1.165) is 39.3 Å². The zero-order valence-corrected chi connectivity index (χ0v) is 27.2. The molecule has 0 spiro atoms. The number of aryl methyl sites for hydroxylation is 3.